The third kappa shape index (κ3) is 3.00. The Hall–Kier alpha value is -2.14. The summed E-state index contributed by atoms with van der Waals surface area (Å²) in [6.07, 6.45) is 1.85. The van der Waals surface area contributed by atoms with Gasteiger partial charge < -0.3 is 10.1 Å². The predicted molar refractivity (Wildman–Crippen MR) is 72.3 cm³/mol. The van der Waals surface area contributed by atoms with Crippen LogP contribution in [-0.2, 0) is 11.3 Å². The molecule has 0 saturated carbocycles. The number of ether oxygens (including phenoxy) is 1. The Bertz CT molecular complexity index is 549. The smallest absolute Gasteiger partial charge is 0.359 e. The second-order valence-corrected chi connectivity index (χ2v) is 4.03. The molecule has 2 rings (SSSR count). The Morgan fingerprint density at radius 3 is 2.74 bits per heavy atom. The molecule has 1 heterocycles. The summed E-state index contributed by atoms with van der Waals surface area (Å²) in [5.74, 6) is -0.387. The predicted octanol–water partition coefficient (Wildman–Crippen LogP) is 1.77. The Kier molecular flexibility index (Phi) is 4.30. The highest BCUT2D eigenvalue weighted by Gasteiger charge is 2.17. The van der Waals surface area contributed by atoms with Crippen LogP contribution in [0.3, 0.4) is 0 Å². The molecule has 0 saturated heterocycles. The summed E-state index contributed by atoms with van der Waals surface area (Å²) in [7, 11) is 1.83. The van der Waals surface area contributed by atoms with Gasteiger partial charge in [0.15, 0.2) is 5.69 Å². The monoisotopic (exact) mass is 259 g/mol. The lowest BCUT2D eigenvalue weighted by molar-refractivity contribution is 0.0517. The van der Waals surface area contributed by atoms with E-state index in [1.54, 1.807) is 11.6 Å². The Morgan fingerprint density at radius 2 is 2.11 bits per heavy atom. The Morgan fingerprint density at radius 1 is 1.37 bits per heavy atom. The van der Waals surface area contributed by atoms with E-state index in [4.69, 9.17) is 4.74 Å². The standard InChI is InChI=1S/C14H17N3O2/c1-3-19-14(18)13-11(9-15-2)10-17(16-13)12-7-5-4-6-8-12/h4-8,10,15H,3,9H2,1-2H3. The van der Waals surface area contributed by atoms with E-state index in [0.29, 0.717) is 18.8 Å². The van der Waals surface area contributed by atoms with Crippen molar-refractivity contribution in [1.82, 2.24) is 15.1 Å². The quantitative estimate of drug-likeness (QED) is 0.831. The molecule has 1 N–H and O–H groups in total. The number of hydrogen-bond donors (Lipinski definition) is 1. The minimum Gasteiger partial charge on any atom is -0.461 e. The molecule has 5 heteroatoms. The molecule has 0 unspecified atom stereocenters. The summed E-state index contributed by atoms with van der Waals surface area (Å²) in [6, 6.07) is 9.67. The highest BCUT2D eigenvalue weighted by molar-refractivity contribution is 5.88. The number of aromatic nitrogens is 2. The molecule has 0 aliphatic carbocycles. The third-order valence-corrected chi connectivity index (χ3v) is 2.65. The van der Waals surface area contributed by atoms with Crippen molar-refractivity contribution in [2.24, 2.45) is 0 Å². The maximum absolute atomic E-state index is 11.9. The van der Waals surface area contributed by atoms with Gasteiger partial charge in [-0.25, -0.2) is 9.48 Å². The van der Waals surface area contributed by atoms with Crippen LogP contribution in [0.15, 0.2) is 36.5 Å². The molecular weight excluding hydrogens is 242 g/mol. The number of carbonyl (C=O) groups excluding carboxylic acids is 1. The van der Waals surface area contributed by atoms with Crippen LogP contribution in [0.4, 0.5) is 0 Å². The molecular formula is C14H17N3O2. The normalized spacial score (nSPS) is 10.4. The lowest BCUT2D eigenvalue weighted by Gasteiger charge is -2.00. The average Bonchev–Trinajstić information content (AvgIpc) is 2.85. The molecule has 0 bridgehead atoms. The van der Waals surface area contributed by atoms with Gasteiger partial charge in [0.2, 0.25) is 0 Å². The first-order valence-electron chi connectivity index (χ1n) is 6.22. The minimum absolute atomic E-state index is 0.343. The molecule has 2 aromatic rings. The van der Waals surface area contributed by atoms with Crippen LogP contribution in [0.25, 0.3) is 5.69 Å². The van der Waals surface area contributed by atoms with Crippen molar-refractivity contribution >= 4 is 5.97 Å². The lowest BCUT2D eigenvalue weighted by atomic mass is 10.2. The average molecular weight is 259 g/mol. The molecule has 0 amide bonds. The van der Waals surface area contributed by atoms with E-state index in [1.807, 2.05) is 43.6 Å². The first kappa shape index (κ1) is 13.3. The van der Waals surface area contributed by atoms with Crippen molar-refractivity contribution in [2.45, 2.75) is 13.5 Å². The zero-order valence-corrected chi connectivity index (χ0v) is 11.1. The van der Waals surface area contributed by atoms with Crippen molar-refractivity contribution in [3.63, 3.8) is 0 Å². The maximum Gasteiger partial charge on any atom is 0.359 e. The maximum atomic E-state index is 11.9. The highest BCUT2D eigenvalue weighted by atomic mass is 16.5. The minimum atomic E-state index is -0.387. The van der Waals surface area contributed by atoms with Gasteiger partial charge in [0, 0.05) is 18.3 Å². The Balaban J connectivity index is 2.37. The fourth-order valence-corrected chi connectivity index (χ4v) is 1.81. The summed E-state index contributed by atoms with van der Waals surface area (Å²) >= 11 is 0. The number of nitrogens with zero attached hydrogens (tertiary/aromatic N) is 2. The number of benzene rings is 1. The number of nitrogens with one attached hydrogen (secondary N) is 1. The van der Waals surface area contributed by atoms with Gasteiger partial charge in [0.05, 0.1) is 12.3 Å². The molecule has 0 spiro atoms. The van der Waals surface area contributed by atoms with Crippen LogP contribution in [-0.4, -0.2) is 29.4 Å². The first-order chi connectivity index (χ1) is 9.26. The lowest BCUT2D eigenvalue weighted by Crippen LogP contribution is -2.12. The largest absolute Gasteiger partial charge is 0.461 e. The summed E-state index contributed by atoms with van der Waals surface area (Å²) in [5.41, 5.74) is 2.10. The topological polar surface area (TPSA) is 56.1 Å². The number of rotatable bonds is 5. The molecule has 1 aromatic carbocycles. The van der Waals surface area contributed by atoms with E-state index in [9.17, 15) is 4.79 Å². The van der Waals surface area contributed by atoms with Gasteiger partial charge in [0.25, 0.3) is 0 Å². The van der Waals surface area contributed by atoms with E-state index in [1.165, 1.54) is 0 Å². The molecule has 0 radical (unpaired) electrons. The third-order valence-electron chi connectivity index (χ3n) is 2.65. The van der Waals surface area contributed by atoms with Gasteiger partial charge >= 0.3 is 5.97 Å². The van der Waals surface area contributed by atoms with Gasteiger partial charge in [-0.2, -0.15) is 5.10 Å². The zero-order chi connectivity index (χ0) is 13.7. The molecule has 0 aliphatic rings. The van der Waals surface area contributed by atoms with Gasteiger partial charge in [-0.3, -0.25) is 0 Å². The van der Waals surface area contributed by atoms with Gasteiger partial charge in [-0.15, -0.1) is 0 Å². The second kappa shape index (κ2) is 6.15. The van der Waals surface area contributed by atoms with Crippen LogP contribution in [0.2, 0.25) is 0 Å². The van der Waals surface area contributed by atoms with Gasteiger partial charge in [-0.1, -0.05) is 18.2 Å². The van der Waals surface area contributed by atoms with Crippen molar-refractivity contribution in [1.29, 1.82) is 0 Å². The molecule has 1 aromatic heterocycles. The first-order valence-corrected chi connectivity index (χ1v) is 6.22. The molecule has 19 heavy (non-hydrogen) atoms. The van der Waals surface area contributed by atoms with Crippen LogP contribution < -0.4 is 5.32 Å². The SMILES string of the molecule is CCOC(=O)c1nn(-c2ccccc2)cc1CNC. The van der Waals surface area contributed by atoms with Crippen molar-refractivity contribution in [3.05, 3.63) is 47.8 Å². The van der Waals surface area contributed by atoms with E-state index >= 15 is 0 Å². The molecule has 5 nitrogen and oxygen atoms in total. The second-order valence-electron chi connectivity index (χ2n) is 4.03. The molecule has 0 atom stereocenters. The molecule has 100 valence electrons. The summed E-state index contributed by atoms with van der Waals surface area (Å²) < 4.78 is 6.71. The van der Waals surface area contributed by atoms with Crippen LogP contribution in [0.5, 0.6) is 0 Å². The van der Waals surface area contributed by atoms with E-state index in [0.717, 1.165) is 11.3 Å². The van der Waals surface area contributed by atoms with Gasteiger partial charge in [0.1, 0.15) is 0 Å². The van der Waals surface area contributed by atoms with Crippen LogP contribution in [0.1, 0.15) is 23.0 Å². The summed E-state index contributed by atoms with van der Waals surface area (Å²) in [5, 5.41) is 7.34. The number of para-hydroxylation sites is 1. The zero-order valence-electron chi connectivity index (χ0n) is 11.1. The van der Waals surface area contributed by atoms with Crippen molar-refractivity contribution < 1.29 is 9.53 Å². The molecule has 0 aliphatic heterocycles. The summed E-state index contributed by atoms with van der Waals surface area (Å²) in [4.78, 5) is 11.9. The van der Waals surface area contributed by atoms with Crippen LogP contribution >= 0.6 is 0 Å². The van der Waals surface area contributed by atoms with Crippen molar-refractivity contribution in [3.8, 4) is 5.69 Å². The highest BCUT2D eigenvalue weighted by Crippen LogP contribution is 2.13. The fourth-order valence-electron chi connectivity index (χ4n) is 1.81. The number of esters is 1. The summed E-state index contributed by atoms with van der Waals surface area (Å²) in [6.45, 7) is 2.70. The number of carbonyl (C=O) groups is 1. The van der Waals surface area contributed by atoms with E-state index in [2.05, 4.69) is 10.4 Å². The molecule has 0 fully saturated rings. The van der Waals surface area contributed by atoms with Crippen molar-refractivity contribution in [2.75, 3.05) is 13.7 Å². The Labute approximate surface area is 112 Å². The van der Waals surface area contributed by atoms with Crippen LogP contribution in [0, 0.1) is 0 Å². The van der Waals surface area contributed by atoms with E-state index < -0.39 is 0 Å². The van der Waals surface area contributed by atoms with E-state index in [-0.39, 0.29) is 5.97 Å². The number of hydrogen-bond acceptors (Lipinski definition) is 4. The van der Waals surface area contributed by atoms with Gasteiger partial charge in [-0.05, 0) is 26.1 Å². The fraction of sp³-hybridized carbons (Fsp3) is 0.286.